The van der Waals surface area contributed by atoms with E-state index in [2.05, 4.69) is 222 Å². The molecular formula is C68H61N5. The number of fused-ring (bicyclic) bond motifs is 1. The minimum atomic E-state index is 0. The van der Waals surface area contributed by atoms with Gasteiger partial charge in [-0.2, -0.15) is 0 Å². The lowest BCUT2D eigenvalue weighted by atomic mass is 9.90. The maximum Gasteiger partial charge on any atom is 0.146 e. The van der Waals surface area contributed by atoms with Gasteiger partial charge in [-0.3, -0.25) is 9.56 Å². The summed E-state index contributed by atoms with van der Waals surface area (Å²) in [6.07, 6.45) is 9.52. The Kier molecular flexibility index (Phi) is 16.4. The van der Waals surface area contributed by atoms with E-state index < -0.39 is 0 Å². The summed E-state index contributed by atoms with van der Waals surface area (Å²) >= 11 is 0. The van der Waals surface area contributed by atoms with E-state index in [-0.39, 0.29) is 6.15 Å². The zero-order valence-corrected chi connectivity index (χ0v) is 42.4. The lowest BCUT2D eigenvalue weighted by Crippen LogP contribution is -2.30. The Balaban J connectivity index is 0.000000731. The minimum absolute atomic E-state index is 0. The van der Waals surface area contributed by atoms with Gasteiger partial charge in [0, 0.05) is 17.5 Å². The zero-order chi connectivity index (χ0) is 49.8. The van der Waals surface area contributed by atoms with E-state index in [1.807, 2.05) is 66.9 Å². The fraction of sp³-hybridized carbons (Fsp3) is 0.0735. The topological polar surface area (TPSA) is 78.1 Å². The third-order valence-corrected chi connectivity index (χ3v) is 12.7. The van der Waals surface area contributed by atoms with Crippen molar-refractivity contribution in [1.29, 1.82) is 0 Å². The van der Waals surface area contributed by atoms with Crippen LogP contribution < -0.4 is 16.6 Å². The van der Waals surface area contributed by atoms with E-state index in [1.54, 1.807) is 6.08 Å². The number of rotatable bonds is 11. The van der Waals surface area contributed by atoms with E-state index in [1.165, 1.54) is 32.7 Å². The van der Waals surface area contributed by atoms with Crippen molar-refractivity contribution in [2.45, 2.75) is 34.6 Å². The highest BCUT2D eigenvalue weighted by Gasteiger charge is 2.17. The van der Waals surface area contributed by atoms with Gasteiger partial charge in [-0.05, 0) is 143 Å². The van der Waals surface area contributed by atoms with Crippen LogP contribution in [0.15, 0.2) is 266 Å². The maximum absolute atomic E-state index is 5.20. The summed E-state index contributed by atoms with van der Waals surface area (Å²) < 4.78 is 2.15. The summed E-state index contributed by atoms with van der Waals surface area (Å²) in [5.41, 5.74) is 18.8. The predicted octanol–water partition coefficient (Wildman–Crippen LogP) is 16.2. The van der Waals surface area contributed by atoms with Crippen molar-refractivity contribution in [3.8, 4) is 39.5 Å². The SMILES string of the molecule is C=C/C=C\C=C(C)C.CC(=Nc1cc(-c2ccc(=C(/C)c3ccccc3)/c(=C(/c3ccccc3)c3ccc(-c4ccc5c(c4)nc(-c4ccccc4)n5-c4ccccn4)cc3)c2)ccc1C)c1ccccc1.N. The summed E-state index contributed by atoms with van der Waals surface area (Å²) in [5.74, 6) is 1.70. The van der Waals surface area contributed by atoms with Crippen LogP contribution in [0.3, 0.4) is 0 Å². The smallest absolute Gasteiger partial charge is 0.146 e. The van der Waals surface area contributed by atoms with E-state index in [0.717, 1.165) is 84.1 Å². The molecule has 3 N–H and O–H groups in total. The van der Waals surface area contributed by atoms with E-state index in [4.69, 9.17) is 15.0 Å². The molecule has 73 heavy (non-hydrogen) atoms. The summed E-state index contributed by atoms with van der Waals surface area (Å²) in [6, 6.07) is 77.3. The van der Waals surface area contributed by atoms with Gasteiger partial charge in [0.1, 0.15) is 11.6 Å². The van der Waals surface area contributed by atoms with Crippen LogP contribution in [0.1, 0.15) is 55.5 Å². The molecule has 5 heteroatoms. The maximum atomic E-state index is 5.20. The molecule has 0 spiro atoms. The number of nitrogens with zero attached hydrogens (tertiary/aromatic N) is 4. The molecule has 0 atom stereocenters. The highest BCUT2D eigenvalue weighted by atomic mass is 15.1. The molecule has 0 saturated heterocycles. The predicted molar refractivity (Wildman–Crippen MR) is 310 cm³/mol. The van der Waals surface area contributed by atoms with Crippen LogP contribution in [-0.4, -0.2) is 20.2 Å². The van der Waals surface area contributed by atoms with Crippen molar-refractivity contribution in [3.05, 3.63) is 299 Å². The first-order valence-electron chi connectivity index (χ1n) is 24.5. The Morgan fingerprint density at radius 1 is 0.507 bits per heavy atom. The Bertz CT molecular complexity index is 3700. The second-order valence-corrected chi connectivity index (χ2v) is 18.0. The molecule has 0 saturated carbocycles. The van der Waals surface area contributed by atoms with Gasteiger partial charge >= 0.3 is 0 Å². The molecular weight excluding hydrogens is 887 g/mol. The average Bonchev–Trinajstić information content (AvgIpc) is 3.82. The van der Waals surface area contributed by atoms with Crippen molar-refractivity contribution in [1.82, 2.24) is 20.7 Å². The van der Waals surface area contributed by atoms with Crippen LogP contribution in [0.4, 0.5) is 5.69 Å². The van der Waals surface area contributed by atoms with Gasteiger partial charge in [-0.25, -0.2) is 9.97 Å². The molecule has 0 aliphatic heterocycles. The van der Waals surface area contributed by atoms with Crippen molar-refractivity contribution < 1.29 is 0 Å². The van der Waals surface area contributed by atoms with E-state index in [0.29, 0.717) is 0 Å². The zero-order valence-electron chi connectivity index (χ0n) is 42.4. The normalized spacial score (nSPS) is 12.0. The number of benzene rings is 8. The van der Waals surface area contributed by atoms with Gasteiger partial charge in [0.25, 0.3) is 0 Å². The molecule has 5 nitrogen and oxygen atoms in total. The summed E-state index contributed by atoms with van der Waals surface area (Å²) in [6.45, 7) is 14.1. The fourth-order valence-corrected chi connectivity index (χ4v) is 8.93. The Hall–Kier alpha value is -9.03. The molecule has 8 aromatic carbocycles. The van der Waals surface area contributed by atoms with Crippen LogP contribution in [0.2, 0.25) is 0 Å². The molecule has 2 aromatic heterocycles. The van der Waals surface area contributed by atoms with Crippen molar-refractivity contribution >= 4 is 33.6 Å². The average molecular weight is 948 g/mol. The molecule has 0 fully saturated rings. The van der Waals surface area contributed by atoms with Crippen molar-refractivity contribution in [2.24, 2.45) is 4.99 Å². The number of aromatic nitrogens is 3. The van der Waals surface area contributed by atoms with Crippen LogP contribution in [0.5, 0.6) is 0 Å². The number of aliphatic imine (C=N–C) groups is 1. The van der Waals surface area contributed by atoms with Gasteiger partial charge < -0.3 is 6.15 Å². The number of aryl methyl sites for hydroxylation is 1. The van der Waals surface area contributed by atoms with E-state index in [9.17, 15) is 0 Å². The first kappa shape index (κ1) is 50.4. The molecule has 358 valence electrons. The van der Waals surface area contributed by atoms with Crippen LogP contribution >= 0.6 is 0 Å². The molecule has 0 amide bonds. The summed E-state index contributed by atoms with van der Waals surface area (Å²) in [7, 11) is 0. The number of allylic oxidation sites excluding steroid dienone is 5. The Morgan fingerprint density at radius 2 is 1.07 bits per heavy atom. The van der Waals surface area contributed by atoms with Gasteiger partial charge in [0.15, 0.2) is 0 Å². The molecule has 2 heterocycles. The molecule has 10 rings (SSSR count). The van der Waals surface area contributed by atoms with Crippen molar-refractivity contribution in [2.75, 3.05) is 0 Å². The first-order valence-corrected chi connectivity index (χ1v) is 24.5. The lowest BCUT2D eigenvalue weighted by molar-refractivity contribution is 1.03. The van der Waals surface area contributed by atoms with Gasteiger partial charge in [0.05, 0.1) is 16.7 Å². The summed E-state index contributed by atoms with van der Waals surface area (Å²) in [5, 5.41) is 2.35. The van der Waals surface area contributed by atoms with Crippen molar-refractivity contribution in [3.63, 3.8) is 0 Å². The van der Waals surface area contributed by atoms with Crippen LogP contribution in [0.25, 0.3) is 61.6 Å². The van der Waals surface area contributed by atoms with Gasteiger partial charge in [-0.15, -0.1) is 0 Å². The van der Waals surface area contributed by atoms with E-state index >= 15 is 0 Å². The largest absolute Gasteiger partial charge is 0.344 e. The number of hydrogen-bond donors (Lipinski definition) is 1. The second-order valence-electron chi connectivity index (χ2n) is 18.0. The lowest BCUT2D eigenvalue weighted by Gasteiger charge is -2.14. The molecule has 0 bridgehead atoms. The number of pyridine rings is 1. The fourth-order valence-electron chi connectivity index (χ4n) is 8.93. The third-order valence-electron chi connectivity index (χ3n) is 12.7. The number of imidazole rings is 1. The monoisotopic (exact) mass is 947 g/mol. The van der Waals surface area contributed by atoms with Crippen LogP contribution in [-0.2, 0) is 0 Å². The van der Waals surface area contributed by atoms with Crippen LogP contribution in [0, 0.1) is 6.92 Å². The molecule has 0 radical (unpaired) electrons. The molecule has 0 unspecified atom stereocenters. The standard InChI is InChI=1S/C60H46N4.C8H12.H3N/c1-41-27-28-52(39-55(41)62-43(3)45-20-10-5-11-21-45)50-33-35-53(42(2)44-18-8-4-9-19-44)54(38-50)59(47-22-12-6-13-23-47)48-31-29-46(30-32-48)51-34-36-57-56(40-51)63-60(49-24-14-7-15-25-49)64(57)58-26-16-17-37-61-58;1-4-5-6-7-8(2)3;/h4-40H,1-3H3;4-7H,1H2,2-3H3;1H3/b53-42+,59-54-,62-43?;6-5-;. The molecule has 0 aliphatic rings. The van der Waals surface area contributed by atoms with Gasteiger partial charge in [0.2, 0.25) is 0 Å². The Morgan fingerprint density at radius 3 is 1.71 bits per heavy atom. The van der Waals surface area contributed by atoms with Gasteiger partial charge in [-0.1, -0.05) is 218 Å². The quantitative estimate of drug-likeness (QED) is 0.104. The Labute approximate surface area is 430 Å². The molecule has 10 aromatic rings. The molecule has 0 aliphatic carbocycles. The summed E-state index contributed by atoms with van der Waals surface area (Å²) in [4.78, 5) is 15.1. The second kappa shape index (κ2) is 23.7. The highest BCUT2D eigenvalue weighted by Crippen LogP contribution is 2.33. The minimum Gasteiger partial charge on any atom is -0.344 e. The number of hydrogen-bond acceptors (Lipinski definition) is 4. The highest BCUT2D eigenvalue weighted by molar-refractivity contribution is 6.00. The first-order chi connectivity index (χ1) is 35.2. The third kappa shape index (κ3) is 11.8.